The molecule has 8 aromatic rings. The van der Waals surface area contributed by atoms with Gasteiger partial charge in [0.1, 0.15) is 23.5 Å². The summed E-state index contributed by atoms with van der Waals surface area (Å²) in [6.07, 6.45) is 7.97. The molecule has 16 heteroatoms. The van der Waals surface area contributed by atoms with Gasteiger partial charge in [0, 0.05) is 57.2 Å². The molecule has 9 rings (SSSR count). The lowest BCUT2D eigenvalue weighted by Crippen LogP contribution is -2.03. The number of H-pyrrole nitrogens is 2. The quantitative estimate of drug-likeness (QED) is 0.0243. The van der Waals surface area contributed by atoms with Crippen LogP contribution >= 0.6 is 0 Å². The molecule has 0 aliphatic carbocycles. The molecular formula is C51H52N10O6. The first-order valence-electron chi connectivity index (χ1n) is 21.9. The number of nitrogens with zero attached hydrogens (tertiary/aromatic N) is 7. The maximum Gasteiger partial charge on any atom is 0.292 e. The van der Waals surface area contributed by atoms with Gasteiger partial charge in [0.15, 0.2) is 0 Å². The third-order valence-electron chi connectivity index (χ3n) is 10.7. The minimum atomic E-state index is -0.492. The van der Waals surface area contributed by atoms with E-state index in [1.807, 2.05) is 42.6 Å². The number of methoxy groups -OCH3 is 2. The molecule has 4 aromatic carbocycles. The van der Waals surface area contributed by atoms with Crippen LogP contribution in [0.5, 0.6) is 0 Å². The van der Waals surface area contributed by atoms with Gasteiger partial charge in [-0.2, -0.15) is 0 Å². The summed E-state index contributed by atoms with van der Waals surface area (Å²) in [5.74, 6) is 1.91. The smallest absolute Gasteiger partial charge is 0.292 e. The summed E-state index contributed by atoms with van der Waals surface area (Å²) in [5, 5.41) is 11.1. The van der Waals surface area contributed by atoms with E-state index in [0.29, 0.717) is 50.2 Å². The number of nitrogen functional groups attached to an aromatic ring is 1. The Morgan fingerprint density at radius 1 is 0.701 bits per heavy atom. The highest BCUT2D eigenvalue weighted by atomic mass is 16.6. The number of rotatable bonds is 18. The third kappa shape index (κ3) is 13.2. The number of anilines is 1. The normalized spacial score (nSPS) is 11.6. The van der Waals surface area contributed by atoms with E-state index in [-0.39, 0.29) is 11.4 Å². The second kappa shape index (κ2) is 24.0. The summed E-state index contributed by atoms with van der Waals surface area (Å²) < 4.78 is 21.0. The summed E-state index contributed by atoms with van der Waals surface area (Å²) >= 11 is 0. The van der Waals surface area contributed by atoms with Gasteiger partial charge in [-0.1, -0.05) is 30.8 Å². The van der Waals surface area contributed by atoms with Crippen molar-refractivity contribution in [3.63, 3.8) is 0 Å². The molecule has 4 N–H and O–H groups in total. The highest BCUT2D eigenvalue weighted by Crippen LogP contribution is 2.33. The van der Waals surface area contributed by atoms with E-state index < -0.39 is 4.92 Å². The van der Waals surface area contributed by atoms with E-state index >= 15 is 0 Å². The Labute approximate surface area is 388 Å². The predicted octanol–water partition coefficient (Wildman–Crippen LogP) is 9.85. The number of hydrogen-bond donors (Lipinski definition) is 3. The minimum absolute atomic E-state index is 0.123. The highest BCUT2D eigenvalue weighted by Gasteiger charge is 2.19. The van der Waals surface area contributed by atoms with Gasteiger partial charge in [-0.15, -0.1) is 4.98 Å². The Hall–Kier alpha value is -7.68. The first kappa shape index (κ1) is 47.3. The number of nitro benzene ring substituents is 1. The van der Waals surface area contributed by atoms with Gasteiger partial charge in [-0.25, -0.2) is 9.97 Å². The van der Waals surface area contributed by atoms with Gasteiger partial charge in [0.05, 0.1) is 70.5 Å². The number of hydrogen-bond acceptors (Lipinski definition) is 12. The maximum absolute atomic E-state index is 11.1. The number of pyridine rings is 2. The van der Waals surface area contributed by atoms with Crippen LogP contribution in [0.2, 0.25) is 0 Å². The van der Waals surface area contributed by atoms with Crippen molar-refractivity contribution in [2.45, 2.75) is 32.1 Å². The topological polar surface area (TPSA) is 206 Å². The number of aliphatic imine (C=N–C) groups is 1. The second-order valence-electron chi connectivity index (χ2n) is 15.4. The SMILES string of the molecule is COCCOCCCc1ccc2nc(-c3ccc(N)c([N+](=O)[O-])c3)[nH]c2c1.COCCOCCCc1ccc2nc(-c3ccc4c(c3)CC(c3ccccn3)=N4)[nH]c2c1.[C-]#[N+]c1ccccn1. The van der Waals surface area contributed by atoms with Crippen LogP contribution in [-0.2, 0) is 38.2 Å². The lowest BCUT2D eigenvalue weighted by Gasteiger charge is -2.04. The Morgan fingerprint density at radius 2 is 1.30 bits per heavy atom. The molecule has 1 aliphatic rings. The van der Waals surface area contributed by atoms with Crippen molar-refractivity contribution in [1.29, 1.82) is 0 Å². The summed E-state index contributed by atoms with van der Waals surface area (Å²) in [5.41, 5.74) is 17.7. The molecule has 67 heavy (non-hydrogen) atoms. The zero-order valence-corrected chi connectivity index (χ0v) is 37.5. The molecule has 16 nitrogen and oxygen atoms in total. The molecule has 342 valence electrons. The fourth-order valence-electron chi connectivity index (χ4n) is 7.24. The molecule has 0 saturated carbocycles. The van der Waals surface area contributed by atoms with Crippen molar-refractivity contribution >= 4 is 50.7 Å². The first-order valence-corrected chi connectivity index (χ1v) is 21.9. The van der Waals surface area contributed by atoms with Crippen LogP contribution in [0.15, 0.2) is 127 Å². The Kier molecular flexibility index (Phi) is 17.0. The van der Waals surface area contributed by atoms with Gasteiger partial charge in [0.2, 0.25) is 0 Å². The Bertz CT molecular complexity index is 2950. The second-order valence-corrected chi connectivity index (χ2v) is 15.4. The number of ether oxygens (including phenoxy) is 4. The monoisotopic (exact) mass is 900 g/mol. The first-order chi connectivity index (χ1) is 32.8. The van der Waals surface area contributed by atoms with Crippen molar-refractivity contribution in [3.05, 3.63) is 166 Å². The molecule has 0 saturated heterocycles. The van der Waals surface area contributed by atoms with E-state index in [9.17, 15) is 10.1 Å². The zero-order chi connectivity index (χ0) is 46.8. The molecule has 0 fully saturated rings. The molecule has 0 amide bonds. The lowest BCUT2D eigenvalue weighted by molar-refractivity contribution is -0.383. The van der Waals surface area contributed by atoms with Gasteiger partial charge in [0.25, 0.3) is 11.5 Å². The number of benzene rings is 4. The van der Waals surface area contributed by atoms with Gasteiger partial charge in [-0.3, -0.25) is 20.1 Å². The molecule has 5 heterocycles. The minimum Gasteiger partial charge on any atom is -0.393 e. The van der Waals surface area contributed by atoms with Crippen LogP contribution in [0.1, 0.15) is 35.2 Å². The van der Waals surface area contributed by atoms with Crippen LogP contribution in [0, 0.1) is 16.7 Å². The molecule has 4 aromatic heterocycles. The zero-order valence-electron chi connectivity index (χ0n) is 37.5. The van der Waals surface area contributed by atoms with E-state index in [1.165, 1.54) is 28.8 Å². The lowest BCUT2D eigenvalue weighted by atomic mass is 10.0. The molecular weight excluding hydrogens is 849 g/mol. The van der Waals surface area contributed by atoms with E-state index in [4.69, 9.17) is 41.2 Å². The third-order valence-corrected chi connectivity index (χ3v) is 10.7. The van der Waals surface area contributed by atoms with Crippen LogP contribution in [0.3, 0.4) is 0 Å². The average Bonchev–Trinajstić information content (AvgIpc) is 4.11. The molecule has 1 aliphatic heterocycles. The molecule has 0 spiro atoms. The van der Waals surface area contributed by atoms with Crippen LogP contribution in [0.25, 0.3) is 49.7 Å². The number of nitrogens with two attached hydrogens (primary N) is 1. The Balaban J connectivity index is 0.000000172. The number of imidazole rings is 2. The highest BCUT2D eigenvalue weighted by molar-refractivity contribution is 6.05. The molecule has 0 atom stereocenters. The standard InChI is InChI=1S/C26H26N4O2.C19H22N4O4.C6H4N2/c1-31-13-14-32-12-4-5-18-7-9-23-24(15-18)30-26(29-23)19-8-10-21-20(16-19)17-25(28-21)22-6-2-3-11-27-22;1-26-9-10-27-8-2-3-13-4-7-16-17(11-13)22-19(21-16)14-5-6-15(20)18(12-14)23(24)25;1-7-6-4-2-3-5-8-6/h2-3,6-11,15-16H,4-5,12-14,17H2,1H3,(H,29,30);4-7,11-12H,2-3,8-10,20H2,1H3,(H,21,22);2-5H. The summed E-state index contributed by atoms with van der Waals surface area (Å²) in [7, 11) is 3.34. The average molecular weight is 901 g/mol. The van der Waals surface area contributed by atoms with Crippen LogP contribution in [0.4, 0.5) is 22.9 Å². The van der Waals surface area contributed by atoms with Crippen molar-refractivity contribution in [2.75, 3.05) is 59.6 Å². The van der Waals surface area contributed by atoms with Crippen molar-refractivity contribution in [2.24, 2.45) is 4.99 Å². The predicted molar refractivity (Wildman–Crippen MR) is 261 cm³/mol. The number of aromatic nitrogens is 6. The number of aryl methyl sites for hydroxylation is 2. The largest absolute Gasteiger partial charge is 0.393 e. The number of nitro groups is 1. The summed E-state index contributed by atoms with van der Waals surface area (Å²) in [4.78, 5) is 42.7. The molecule has 0 radical (unpaired) electrons. The van der Waals surface area contributed by atoms with Crippen molar-refractivity contribution < 1.29 is 23.9 Å². The van der Waals surface area contributed by atoms with Gasteiger partial charge >= 0.3 is 0 Å². The molecule has 0 bridgehead atoms. The van der Waals surface area contributed by atoms with E-state index in [0.717, 1.165) is 89.3 Å². The van der Waals surface area contributed by atoms with Crippen molar-refractivity contribution in [3.8, 4) is 22.8 Å². The van der Waals surface area contributed by atoms with Gasteiger partial charge in [-0.05, 0) is 121 Å². The van der Waals surface area contributed by atoms with Crippen LogP contribution < -0.4 is 5.73 Å². The van der Waals surface area contributed by atoms with Gasteiger partial charge < -0.3 is 39.5 Å². The Morgan fingerprint density at radius 3 is 1.84 bits per heavy atom. The number of nitrogens with one attached hydrogen (secondary N) is 2. The van der Waals surface area contributed by atoms with E-state index in [2.05, 4.69) is 66.2 Å². The fourth-order valence-corrected chi connectivity index (χ4v) is 7.24. The maximum atomic E-state index is 11.1. The van der Waals surface area contributed by atoms with E-state index in [1.54, 1.807) is 44.7 Å². The molecule has 0 unspecified atom stereocenters. The number of fused-ring (bicyclic) bond motifs is 3. The summed E-state index contributed by atoms with van der Waals surface area (Å²) in [6.45, 7) is 10.4. The van der Waals surface area contributed by atoms with Crippen molar-refractivity contribution in [1.82, 2.24) is 29.9 Å². The fraction of sp³-hybridized carbons (Fsp3) is 0.255. The summed E-state index contributed by atoms with van der Waals surface area (Å²) in [6, 6.07) is 34.7. The van der Waals surface area contributed by atoms with Crippen LogP contribution in [-0.4, -0.2) is 94.4 Å². The number of aromatic amines is 2.